The van der Waals surface area contributed by atoms with E-state index < -0.39 is 0 Å². The fraction of sp³-hybridized carbons (Fsp3) is 0.222. The molecule has 1 aromatic heterocycles. The van der Waals surface area contributed by atoms with E-state index in [0.717, 1.165) is 11.3 Å². The summed E-state index contributed by atoms with van der Waals surface area (Å²) in [6, 6.07) is 14.7. The van der Waals surface area contributed by atoms with Crippen molar-refractivity contribution in [2.45, 2.75) is 31.7 Å². The molecular weight excluding hydrogens is 292 g/mol. The van der Waals surface area contributed by atoms with Gasteiger partial charge in [-0.15, -0.1) is 10.2 Å². The second-order valence-electron chi connectivity index (χ2n) is 5.53. The summed E-state index contributed by atoms with van der Waals surface area (Å²) in [4.78, 5) is 0. The van der Waals surface area contributed by atoms with E-state index in [1.165, 1.54) is 22.3 Å². The molecule has 0 spiro atoms. The molecular formula is C18H18N2OS. The third-order valence-electron chi connectivity index (χ3n) is 3.32. The van der Waals surface area contributed by atoms with Gasteiger partial charge >= 0.3 is 0 Å². The van der Waals surface area contributed by atoms with Crippen molar-refractivity contribution in [3.8, 4) is 11.5 Å². The first-order valence-electron chi connectivity index (χ1n) is 7.21. The first kappa shape index (κ1) is 14.9. The van der Waals surface area contributed by atoms with E-state index in [-0.39, 0.29) is 0 Å². The Morgan fingerprint density at radius 1 is 0.909 bits per heavy atom. The Hall–Kier alpha value is -2.07. The van der Waals surface area contributed by atoms with E-state index in [1.807, 2.05) is 0 Å². The van der Waals surface area contributed by atoms with E-state index in [2.05, 4.69) is 73.4 Å². The summed E-state index contributed by atoms with van der Waals surface area (Å²) >= 11 is 1.57. The Morgan fingerprint density at radius 2 is 1.68 bits per heavy atom. The molecule has 3 aromatic rings. The van der Waals surface area contributed by atoms with Crippen LogP contribution in [-0.2, 0) is 5.75 Å². The molecule has 0 aliphatic heterocycles. The SMILES string of the molecule is Cc1cccc(CSc2nnc(-c3cc(C)cc(C)c3)o2)c1. The monoisotopic (exact) mass is 310 g/mol. The lowest BCUT2D eigenvalue weighted by Crippen LogP contribution is -1.82. The van der Waals surface area contributed by atoms with E-state index >= 15 is 0 Å². The van der Waals surface area contributed by atoms with Gasteiger partial charge in [0.1, 0.15) is 0 Å². The number of hydrogen-bond acceptors (Lipinski definition) is 4. The summed E-state index contributed by atoms with van der Waals surface area (Å²) in [5.74, 6) is 1.41. The number of aryl methyl sites for hydroxylation is 3. The molecule has 1 heterocycles. The molecule has 0 aliphatic rings. The van der Waals surface area contributed by atoms with Gasteiger partial charge in [0.25, 0.3) is 5.22 Å². The average Bonchev–Trinajstić information content (AvgIpc) is 2.93. The lowest BCUT2D eigenvalue weighted by molar-refractivity contribution is 0.466. The van der Waals surface area contributed by atoms with Crippen LogP contribution in [0.3, 0.4) is 0 Å². The van der Waals surface area contributed by atoms with Crippen LogP contribution >= 0.6 is 11.8 Å². The molecule has 0 aliphatic carbocycles. The zero-order valence-corrected chi connectivity index (χ0v) is 13.8. The van der Waals surface area contributed by atoms with E-state index in [9.17, 15) is 0 Å². The van der Waals surface area contributed by atoms with Crippen molar-refractivity contribution < 1.29 is 4.42 Å². The van der Waals surface area contributed by atoms with Gasteiger partial charge in [0, 0.05) is 11.3 Å². The molecule has 22 heavy (non-hydrogen) atoms. The maximum Gasteiger partial charge on any atom is 0.277 e. The number of benzene rings is 2. The summed E-state index contributed by atoms with van der Waals surface area (Å²) in [6.45, 7) is 6.24. The molecule has 4 heteroatoms. The summed E-state index contributed by atoms with van der Waals surface area (Å²) < 4.78 is 5.77. The molecule has 3 rings (SSSR count). The van der Waals surface area contributed by atoms with Gasteiger partial charge in [-0.05, 0) is 38.5 Å². The topological polar surface area (TPSA) is 38.9 Å². The van der Waals surface area contributed by atoms with Gasteiger partial charge < -0.3 is 4.42 Å². The largest absolute Gasteiger partial charge is 0.411 e. The quantitative estimate of drug-likeness (QED) is 0.639. The summed E-state index contributed by atoms with van der Waals surface area (Å²) in [7, 11) is 0. The van der Waals surface area contributed by atoms with Gasteiger partial charge in [0.05, 0.1) is 0 Å². The molecule has 112 valence electrons. The van der Waals surface area contributed by atoms with Gasteiger partial charge in [-0.1, -0.05) is 58.8 Å². The van der Waals surface area contributed by atoms with Crippen molar-refractivity contribution in [2.24, 2.45) is 0 Å². The normalized spacial score (nSPS) is 10.9. The second-order valence-corrected chi connectivity index (χ2v) is 6.45. The third-order valence-corrected chi connectivity index (χ3v) is 4.21. The van der Waals surface area contributed by atoms with E-state index in [0.29, 0.717) is 11.1 Å². The van der Waals surface area contributed by atoms with Gasteiger partial charge in [-0.3, -0.25) is 0 Å². The summed E-state index contributed by atoms with van der Waals surface area (Å²) in [5.41, 5.74) is 5.90. The van der Waals surface area contributed by atoms with E-state index in [1.54, 1.807) is 11.8 Å². The number of aromatic nitrogens is 2. The van der Waals surface area contributed by atoms with Crippen molar-refractivity contribution in [2.75, 3.05) is 0 Å². The molecule has 0 unspecified atom stereocenters. The average molecular weight is 310 g/mol. The van der Waals surface area contributed by atoms with Crippen LogP contribution in [0, 0.1) is 20.8 Å². The van der Waals surface area contributed by atoms with Crippen LogP contribution in [-0.4, -0.2) is 10.2 Å². The summed E-state index contributed by atoms with van der Waals surface area (Å²) in [5, 5.41) is 8.90. The van der Waals surface area contributed by atoms with Crippen molar-refractivity contribution in [1.29, 1.82) is 0 Å². The molecule has 0 N–H and O–H groups in total. The standard InChI is InChI=1S/C18H18N2OS/c1-12-5-4-6-15(8-12)11-22-18-20-19-17(21-18)16-9-13(2)7-14(3)10-16/h4-10H,11H2,1-3H3. The van der Waals surface area contributed by atoms with Crippen LogP contribution in [0.1, 0.15) is 22.3 Å². The van der Waals surface area contributed by atoms with Crippen LogP contribution in [0.25, 0.3) is 11.5 Å². The fourth-order valence-corrected chi connectivity index (χ4v) is 3.14. The molecule has 0 fully saturated rings. The van der Waals surface area contributed by atoms with Crippen molar-refractivity contribution in [3.63, 3.8) is 0 Å². The maximum atomic E-state index is 5.77. The molecule has 0 saturated heterocycles. The predicted molar refractivity (Wildman–Crippen MR) is 89.9 cm³/mol. The van der Waals surface area contributed by atoms with Crippen molar-refractivity contribution >= 4 is 11.8 Å². The molecule has 0 saturated carbocycles. The number of hydrogen-bond donors (Lipinski definition) is 0. The molecule has 0 amide bonds. The Kier molecular flexibility index (Phi) is 4.29. The molecule has 0 atom stereocenters. The zero-order valence-electron chi connectivity index (χ0n) is 13.0. The highest BCUT2D eigenvalue weighted by molar-refractivity contribution is 7.98. The zero-order chi connectivity index (χ0) is 15.5. The minimum Gasteiger partial charge on any atom is -0.411 e. The van der Waals surface area contributed by atoms with Crippen LogP contribution in [0.5, 0.6) is 0 Å². The van der Waals surface area contributed by atoms with Crippen LogP contribution in [0.4, 0.5) is 0 Å². The van der Waals surface area contributed by atoms with Gasteiger partial charge in [0.2, 0.25) is 5.89 Å². The Labute approximate surface area is 134 Å². The maximum absolute atomic E-state index is 5.77. The fourth-order valence-electron chi connectivity index (χ4n) is 2.43. The minimum absolute atomic E-state index is 0.582. The van der Waals surface area contributed by atoms with Gasteiger partial charge in [-0.25, -0.2) is 0 Å². The smallest absolute Gasteiger partial charge is 0.277 e. The Bertz CT molecular complexity index is 775. The van der Waals surface area contributed by atoms with E-state index in [4.69, 9.17) is 4.42 Å². The molecule has 0 bridgehead atoms. The highest BCUT2D eigenvalue weighted by Crippen LogP contribution is 2.27. The number of thioether (sulfide) groups is 1. The first-order valence-corrected chi connectivity index (χ1v) is 8.19. The molecule has 3 nitrogen and oxygen atoms in total. The van der Waals surface area contributed by atoms with Crippen molar-refractivity contribution in [3.05, 3.63) is 64.7 Å². The lowest BCUT2D eigenvalue weighted by Gasteiger charge is -2.00. The van der Waals surface area contributed by atoms with Crippen LogP contribution < -0.4 is 0 Å². The Morgan fingerprint density at radius 3 is 2.41 bits per heavy atom. The molecule has 2 aromatic carbocycles. The minimum atomic E-state index is 0.582. The highest BCUT2D eigenvalue weighted by Gasteiger charge is 2.10. The van der Waals surface area contributed by atoms with Gasteiger partial charge in [0.15, 0.2) is 0 Å². The highest BCUT2D eigenvalue weighted by atomic mass is 32.2. The summed E-state index contributed by atoms with van der Waals surface area (Å²) in [6.07, 6.45) is 0. The van der Waals surface area contributed by atoms with Crippen LogP contribution in [0.2, 0.25) is 0 Å². The first-order chi connectivity index (χ1) is 10.6. The number of rotatable bonds is 4. The van der Waals surface area contributed by atoms with Crippen LogP contribution in [0.15, 0.2) is 52.1 Å². The Balaban J connectivity index is 1.73. The van der Waals surface area contributed by atoms with Crippen molar-refractivity contribution in [1.82, 2.24) is 10.2 Å². The number of nitrogens with zero attached hydrogens (tertiary/aromatic N) is 2. The van der Waals surface area contributed by atoms with Gasteiger partial charge in [-0.2, -0.15) is 0 Å². The lowest BCUT2D eigenvalue weighted by atomic mass is 10.1. The second kappa shape index (κ2) is 6.36. The predicted octanol–water partition coefficient (Wildman–Crippen LogP) is 4.95. The third kappa shape index (κ3) is 3.57. The molecule has 0 radical (unpaired) electrons.